The second kappa shape index (κ2) is 7.09. The summed E-state index contributed by atoms with van der Waals surface area (Å²) in [6, 6.07) is 10.0. The molecular weight excluding hydrogens is 264 g/mol. The van der Waals surface area contributed by atoms with Gasteiger partial charge in [0, 0.05) is 30.9 Å². The smallest absolute Gasteiger partial charge is 0.319 e. The first-order chi connectivity index (χ1) is 10.1. The van der Waals surface area contributed by atoms with E-state index in [-0.39, 0.29) is 12.1 Å². The third-order valence-electron chi connectivity index (χ3n) is 3.78. The molecule has 1 aliphatic rings. The molecule has 1 fully saturated rings. The maximum atomic E-state index is 12.0. The molecule has 1 heterocycles. The molecule has 1 aromatic carbocycles. The lowest BCUT2D eigenvalue weighted by Crippen LogP contribution is -2.40. The highest BCUT2D eigenvalue weighted by atomic mass is 16.2. The van der Waals surface area contributed by atoms with Crippen LogP contribution >= 0.6 is 0 Å². The molecular formula is C16H22N4O. The summed E-state index contributed by atoms with van der Waals surface area (Å²) in [7, 11) is 0. The van der Waals surface area contributed by atoms with Gasteiger partial charge in [-0.15, -0.1) is 0 Å². The van der Waals surface area contributed by atoms with Crippen LogP contribution in [-0.2, 0) is 6.42 Å². The number of urea groups is 1. The number of anilines is 1. The van der Waals surface area contributed by atoms with Crippen LogP contribution in [-0.4, -0.2) is 36.1 Å². The number of hydrogen-bond donors (Lipinski definition) is 2. The van der Waals surface area contributed by atoms with Gasteiger partial charge in [-0.05, 0) is 38.0 Å². The summed E-state index contributed by atoms with van der Waals surface area (Å²) in [5.74, 6) is 0. The van der Waals surface area contributed by atoms with Crippen molar-refractivity contribution >= 4 is 11.7 Å². The molecule has 2 amide bonds. The SMILES string of the molecule is CC(C)N1CCC(NC(=O)Nc2ccc(CC#N)cc2)C1. The standard InChI is InChI=1S/C16H22N4O/c1-12(2)20-10-8-15(11-20)19-16(21)18-14-5-3-13(4-6-14)7-9-17/h3-6,12,15H,7-8,10-11H2,1-2H3,(H2,18,19,21). The van der Waals surface area contributed by atoms with Crippen LogP contribution < -0.4 is 10.6 Å². The minimum atomic E-state index is -0.168. The van der Waals surface area contributed by atoms with Gasteiger partial charge in [-0.25, -0.2) is 4.79 Å². The maximum absolute atomic E-state index is 12.0. The zero-order valence-electron chi connectivity index (χ0n) is 12.6. The van der Waals surface area contributed by atoms with Crippen molar-refractivity contribution in [2.45, 2.75) is 38.8 Å². The normalized spacial score (nSPS) is 18.5. The number of likely N-dealkylation sites (tertiary alicyclic amines) is 1. The summed E-state index contributed by atoms with van der Waals surface area (Å²) >= 11 is 0. The second-order valence-electron chi connectivity index (χ2n) is 5.70. The van der Waals surface area contributed by atoms with Crippen molar-refractivity contribution in [2.24, 2.45) is 0 Å². The van der Waals surface area contributed by atoms with Gasteiger partial charge < -0.3 is 10.6 Å². The average molecular weight is 286 g/mol. The summed E-state index contributed by atoms with van der Waals surface area (Å²) in [5, 5.41) is 14.5. The van der Waals surface area contributed by atoms with Crippen LogP contribution in [0, 0.1) is 11.3 Å². The fraction of sp³-hybridized carbons (Fsp3) is 0.500. The molecule has 0 saturated carbocycles. The van der Waals surface area contributed by atoms with E-state index in [9.17, 15) is 4.79 Å². The van der Waals surface area contributed by atoms with Gasteiger partial charge in [0.15, 0.2) is 0 Å². The summed E-state index contributed by atoms with van der Waals surface area (Å²) in [4.78, 5) is 14.3. The molecule has 5 heteroatoms. The van der Waals surface area contributed by atoms with Crippen molar-refractivity contribution in [3.63, 3.8) is 0 Å². The molecule has 0 aromatic heterocycles. The Morgan fingerprint density at radius 1 is 1.43 bits per heavy atom. The Hall–Kier alpha value is -2.06. The van der Waals surface area contributed by atoms with E-state index < -0.39 is 0 Å². The number of nitrogens with zero attached hydrogens (tertiary/aromatic N) is 2. The molecule has 21 heavy (non-hydrogen) atoms. The van der Waals surface area contributed by atoms with E-state index in [4.69, 9.17) is 5.26 Å². The zero-order valence-corrected chi connectivity index (χ0v) is 12.6. The summed E-state index contributed by atoms with van der Waals surface area (Å²) in [5.41, 5.74) is 1.69. The van der Waals surface area contributed by atoms with Crippen molar-refractivity contribution < 1.29 is 4.79 Å². The Morgan fingerprint density at radius 2 is 2.14 bits per heavy atom. The van der Waals surface area contributed by atoms with Crippen molar-refractivity contribution in [3.05, 3.63) is 29.8 Å². The Kier molecular flexibility index (Phi) is 5.18. The predicted octanol–water partition coefficient (Wildman–Crippen LogP) is 2.36. The third kappa shape index (κ3) is 4.47. The predicted molar refractivity (Wildman–Crippen MR) is 83.0 cm³/mol. The van der Waals surface area contributed by atoms with E-state index in [2.05, 4.69) is 35.5 Å². The monoisotopic (exact) mass is 286 g/mol. The van der Waals surface area contributed by atoms with Crippen molar-refractivity contribution in [1.29, 1.82) is 5.26 Å². The Balaban J connectivity index is 1.81. The van der Waals surface area contributed by atoms with Gasteiger partial charge in [0.05, 0.1) is 12.5 Å². The topological polar surface area (TPSA) is 68.2 Å². The van der Waals surface area contributed by atoms with Crippen LogP contribution in [0.5, 0.6) is 0 Å². The fourth-order valence-corrected chi connectivity index (χ4v) is 2.52. The zero-order chi connectivity index (χ0) is 15.2. The second-order valence-corrected chi connectivity index (χ2v) is 5.70. The number of rotatable bonds is 4. The molecule has 1 aliphatic heterocycles. The first kappa shape index (κ1) is 15.3. The number of nitrogens with one attached hydrogen (secondary N) is 2. The van der Waals surface area contributed by atoms with E-state index in [1.165, 1.54) is 0 Å². The number of nitriles is 1. The number of hydrogen-bond acceptors (Lipinski definition) is 3. The molecule has 112 valence electrons. The summed E-state index contributed by atoms with van der Waals surface area (Å²) in [6.07, 6.45) is 1.38. The number of benzene rings is 1. The Labute approximate surface area is 125 Å². The number of amides is 2. The van der Waals surface area contributed by atoms with Crippen LogP contribution in [0.25, 0.3) is 0 Å². The van der Waals surface area contributed by atoms with E-state index in [1.54, 1.807) is 0 Å². The van der Waals surface area contributed by atoms with Gasteiger partial charge in [0.1, 0.15) is 0 Å². The highest BCUT2D eigenvalue weighted by Gasteiger charge is 2.25. The molecule has 1 unspecified atom stereocenters. The minimum Gasteiger partial charge on any atom is -0.334 e. The molecule has 0 aliphatic carbocycles. The maximum Gasteiger partial charge on any atom is 0.319 e. The van der Waals surface area contributed by atoms with E-state index in [0.29, 0.717) is 12.5 Å². The lowest BCUT2D eigenvalue weighted by molar-refractivity contribution is 0.244. The van der Waals surface area contributed by atoms with Gasteiger partial charge >= 0.3 is 6.03 Å². The van der Waals surface area contributed by atoms with Crippen LogP contribution in [0.1, 0.15) is 25.8 Å². The Morgan fingerprint density at radius 3 is 2.71 bits per heavy atom. The van der Waals surface area contributed by atoms with Gasteiger partial charge in [-0.2, -0.15) is 5.26 Å². The highest BCUT2D eigenvalue weighted by molar-refractivity contribution is 5.89. The first-order valence-electron chi connectivity index (χ1n) is 7.36. The number of carbonyl (C=O) groups excluding carboxylic acids is 1. The number of carbonyl (C=O) groups is 1. The van der Waals surface area contributed by atoms with Crippen molar-refractivity contribution in [1.82, 2.24) is 10.2 Å². The Bertz CT molecular complexity index is 518. The van der Waals surface area contributed by atoms with E-state index >= 15 is 0 Å². The largest absolute Gasteiger partial charge is 0.334 e. The molecule has 1 aromatic rings. The summed E-state index contributed by atoms with van der Waals surface area (Å²) < 4.78 is 0. The van der Waals surface area contributed by atoms with Gasteiger partial charge in [-0.1, -0.05) is 12.1 Å². The first-order valence-corrected chi connectivity index (χ1v) is 7.36. The van der Waals surface area contributed by atoms with Crippen LogP contribution in [0.2, 0.25) is 0 Å². The van der Waals surface area contributed by atoms with Crippen LogP contribution in [0.4, 0.5) is 10.5 Å². The van der Waals surface area contributed by atoms with Gasteiger partial charge in [0.2, 0.25) is 0 Å². The lowest BCUT2D eigenvalue weighted by Gasteiger charge is -2.20. The third-order valence-corrected chi connectivity index (χ3v) is 3.78. The van der Waals surface area contributed by atoms with Crippen LogP contribution in [0.3, 0.4) is 0 Å². The fourth-order valence-electron chi connectivity index (χ4n) is 2.52. The molecule has 1 saturated heterocycles. The van der Waals surface area contributed by atoms with Crippen LogP contribution in [0.15, 0.2) is 24.3 Å². The molecule has 2 rings (SSSR count). The molecule has 2 N–H and O–H groups in total. The minimum absolute atomic E-state index is 0.168. The molecule has 0 radical (unpaired) electrons. The van der Waals surface area contributed by atoms with E-state index in [1.807, 2.05) is 24.3 Å². The van der Waals surface area contributed by atoms with E-state index in [0.717, 1.165) is 30.8 Å². The average Bonchev–Trinajstić information content (AvgIpc) is 2.90. The molecule has 0 bridgehead atoms. The highest BCUT2D eigenvalue weighted by Crippen LogP contribution is 2.13. The lowest BCUT2D eigenvalue weighted by atomic mass is 10.1. The van der Waals surface area contributed by atoms with Gasteiger partial charge in [0.25, 0.3) is 0 Å². The molecule has 1 atom stereocenters. The van der Waals surface area contributed by atoms with Crippen molar-refractivity contribution in [3.8, 4) is 6.07 Å². The van der Waals surface area contributed by atoms with Crippen molar-refractivity contribution in [2.75, 3.05) is 18.4 Å². The molecule has 0 spiro atoms. The quantitative estimate of drug-likeness (QED) is 0.892. The van der Waals surface area contributed by atoms with Gasteiger partial charge in [-0.3, -0.25) is 4.90 Å². The molecule has 5 nitrogen and oxygen atoms in total. The summed E-state index contributed by atoms with van der Waals surface area (Å²) in [6.45, 7) is 6.29.